The van der Waals surface area contributed by atoms with E-state index in [1.807, 2.05) is 0 Å². The number of hydrogen-bond acceptors (Lipinski definition) is 4. The highest BCUT2D eigenvalue weighted by atomic mass is 32.1. The summed E-state index contributed by atoms with van der Waals surface area (Å²) < 4.78 is 4.90. The first-order valence-corrected chi connectivity index (χ1v) is 4.65. The molecule has 0 amide bonds. The van der Waals surface area contributed by atoms with Crippen molar-refractivity contribution in [3.8, 4) is 10.4 Å². The molecule has 0 aliphatic heterocycles. The third kappa shape index (κ3) is 1.38. The predicted molar refractivity (Wildman–Crippen MR) is 53.4 cm³/mol. The number of thiophene rings is 1. The average Bonchev–Trinajstić information content (AvgIpc) is 2.70. The molecule has 0 unspecified atom stereocenters. The second-order valence-corrected chi connectivity index (χ2v) is 3.76. The molecule has 14 heavy (non-hydrogen) atoms. The van der Waals surface area contributed by atoms with Crippen molar-refractivity contribution in [2.45, 2.75) is 0 Å². The lowest BCUT2D eigenvalue weighted by atomic mass is 10.2. The largest absolute Gasteiger partial charge is 0.477 e. The van der Waals surface area contributed by atoms with E-state index in [1.165, 1.54) is 6.26 Å². The molecule has 2 aromatic rings. The molecule has 0 saturated heterocycles. The summed E-state index contributed by atoms with van der Waals surface area (Å²) in [4.78, 5) is 11.7. The van der Waals surface area contributed by atoms with Gasteiger partial charge in [-0.2, -0.15) is 0 Å². The molecule has 0 aliphatic rings. The van der Waals surface area contributed by atoms with Crippen LogP contribution in [-0.2, 0) is 0 Å². The molecule has 0 saturated carbocycles. The van der Waals surface area contributed by atoms with Crippen LogP contribution in [0.25, 0.3) is 10.4 Å². The average molecular weight is 209 g/mol. The monoisotopic (exact) mass is 209 g/mol. The number of nitrogen functional groups attached to an aromatic ring is 1. The van der Waals surface area contributed by atoms with Gasteiger partial charge in [0.15, 0.2) is 0 Å². The third-order valence-electron chi connectivity index (χ3n) is 1.76. The Labute approximate surface area is 83.6 Å². The van der Waals surface area contributed by atoms with E-state index in [9.17, 15) is 4.79 Å². The summed E-state index contributed by atoms with van der Waals surface area (Å²) in [5.74, 6) is -0.998. The Morgan fingerprint density at radius 2 is 2.36 bits per heavy atom. The topological polar surface area (TPSA) is 76.5 Å². The molecule has 0 radical (unpaired) electrons. The first kappa shape index (κ1) is 8.83. The van der Waals surface area contributed by atoms with Gasteiger partial charge in [-0.15, -0.1) is 11.3 Å². The number of carboxylic acid groups (broad SMARTS) is 1. The van der Waals surface area contributed by atoms with Crippen molar-refractivity contribution in [2.75, 3.05) is 5.73 Å². The minimum atomic E-state index is -0.998. The van der Waals surface area contributed by atoms with Gasteiger partial charge in [-0.25, -0.2) is 4.79 Å². The van der Waals surface area contributed by atoms with E-state index in [4.69, 9.17) is 15.3 Å². The molecule has 0 aromatic carbocycles. The molecule has 4 nitrogen and oxygen atoms in total. The zero-order valence-corrected chi connectivity index (χ0v) is 7.88. The first-order chi connectivity index (χ1) is 6.68. The number of nitrogens with two attached hydrogens (primary N) is 1. The van der Waals surface area contributed by atoms with Crippen molar-refractivity contribution < 1.29 is 14.3 Å². The Hall–Kier alpha value is -1.75. The lowest BCUT2D eigenvalue weighted by Gasteiger charge is -1.87. The summed E-state index contributed by atoms with van der Waals surface area (Å²) in [6.45, 7) is 0. The van der Waals surface area contributed by atoms with Gasteiger partial charge >= 0.3 is 5.97 Å². The van der Waals surface area contributed by atoms with Crippen molar-refractivity contribution in [1.29, 1.82) is 0 Å². The van der Waals surface area contributed by atoms with Crippen molar-refractivity contribution in [3.63, 3.8) is 0 Å². The van der Waals surface area contributed by atoms with Crippen LogP contribution in [0.2, 0.25) is 0 Å². The van der Waals surface area contributed by atoms with Crippen LogP contribution in [-0.4, -0.2) is 11.1 Å². The maximum atomic E-state index is 10.7. The molecular weight excluding hydrogens is 202 g/mol. The van der Waals surface area contributed by atoms with Gasteiger partial charge in [-0.05, 0) is 12.1 Å². The number of anilines is 1. The summed E-state index contributed by atoms with van der Waals surface area (Å²) in [6.07, 6.45) is 3.09. The molecule has 5 heteroatoms. The number of hydrogen-bond donors (Lipinski definition) is 2. The second-order valence-electron chi connectivity index (χ2n) is 2.71. The van der Waals surface area contributed by atoms with Gasteiger partial charge in [0.05, 0.1) is 18.2 Å². The van der Waals surface area contributed by atoms with Crippen LogP contribution in [0.3, 0.4) is 0 Å². The molecule has 72 valence electrons. The smallest absolute Gasteiger partial charge is 0.348 e. The van der Waals surface area contributed by atoms with Crippen molar-refractivity contribution >= 4 is 23.0 Å². The van der Waals surface area contributed by atoms with E-state index in [0.29, 0.717) is 5.69 Å². The standard InChI is InChI=1S/C9H7NO3S/c10-6-3-7(5-1-2-13-4-5)14-8(6)9(11)12/h1-4H,10H2,(H,11,12). The first-order valence-electron chi connectivity index (χ1n) is 3.83. The minimum Gasteiger partial charge on any atom is -0.477 e. The zero-order valence-electron chi connectivity index (χ0n) is 7.06. The lowest BCUT2D eigenvalue weighted by molar-refractivity contribution is 0.0703. The highest BCUT2D eigenvalue weighted by Gasteiger charge is 2.14. The molecule has 2 heterocycles. The van der Waals surface area contributed by atoms with E-state index in [0.717, 1.165) is 21.8 Å². The van der Waals surface area contributed by atoms with Crippen LogP contribution in [0.5, 0.6) is 0 Å². The fourth-order valence-corrected chi connectivity index (χ4v) is 2.02. The summed E-state index contributed by atoms with van der Waals surface area (Å²) >= 11 is 1.14. The molecule has 2 rings (SSSR count). The molecule has 0 aliphatic carbocycles. The van der Waals surface area contributed by atoms with Gasteiger partial charge in [0, 0.05) is 10.4 Å². The van der Waals surface area contributed by atoms with Gasteiger partial charge < -0.3 is 15.3 Å². The van der Waals surface area contributed by atoms with Crippen LogP contribution in [0.1, 0.15) is 9.67 Å². The summed E-state index contributed by atoms with van der Waals surface area (Å²) in [5.41, 5.74) is 6.68. The Bertz CT molecular complexity index is 458. The highest BCUT2D eigenvalue weighted by molar-refractivity contribution is 7.17. The van der Waals surface area contributed by atoms with Gasteiger partial charge in [0.2, 0.25) is 0 Å². The quantitative estimate of drug-likeness (QED) is 0.795. The molecule has 0 fully saturated rings. The normalized spacial score (nSPS) is 10.3. The Morgan fingerprint density at radius 1 is 1.57 bits per heavy atom. The molecule has 3 N–H and O–H groups in total. The Morgan fingerprint density at radius 3 is 2.86 bits per heavy atom. The number of carbonyl (C=O) groups is 1. The molecule has 0 bridgehead atoms. The van der Waals surface area contributed by atoms with Gasteiger partial charge in [-0.3, -0.25) is 0 Å². The van der Waals surface area contributed by atoms with Crippen LogP contribution in [0.15, 0.2) is 29.1 Å². The van der Waals surface area contributed by atoms with E-state index in [-0.39, 0.29) is 4.88 Å². The number of carboxylic acids is 1. The third-order valence-corrected chi connectivity index (χ3v) is 2.95. The zero-order chi connectivity index (χ0) is 10.1. The Kier molecular flexibility index (Phi) is 2.01. The predicted octanol–water partition coefficient (Wildman–Crippen LogP) is 2.29. The number of rotatable bonds is 2. The van der Waals surface area contributed by atoms with Gasteiger partial charge in [-0.1, -0.05) is 0 Å². The number of aromatic carboxylic acids is 1. The summed E-state index contributed by atoms with van der Waals surface area (Å²) in [6, 6.07) is 3.40. The highest BCUT2D eigenvalue weighted by Crippen LogP contribution is 2.33. The van der Waals surface area contributed by atoms with Crippen LogP contribution < -0.4 is 5.73 Å². The van der Waals surface area contributed by atoms with Crippen molar-refractivity contribution in [3.05, 3.63) is 29.5 Å². The van der Waals surface area contributed by atoms with E-state index >= 15 is 0 Å². The van der Waals surface area contributed by atoms with E-state index in [1.54, 1.807) is 18.4 Å². The van der Waals surface area contributed by atoms with Crippen LogP contribution in [0.4, 0.5) is 5.69 Å². The van der Waals surface area contributed by atoms with Crippen LogP contribution >= 0.6 is 11.3 Å². The van der Waals surface area contributed by atoms with Gasteiger partial charge in [0.1, 0.15) is 4.88 Å². The maximum Gasteiger partial charge on any atom is 0.348 e. The van der Waals surface area contributed by atoms with Gasteiger partial charge in [0.25, 0.3) is 0 Å². The Balaban J connectivity index is 2.48. The lowest BCUT2D eigenvalue weighted by Crippen LogP contribution is -1.96. The molecule has 0 atom stereocenters. The SMILES string of the molecule is Nc1cc(-c2ccoc2)sc1C(=O)O. The molecular formula is C9H7NO3S. The van der Waals surface area contributed by atoms with E-state index in [2.05, 4.69) is 0 Å². The van der Waals surface area contributed by atoms with Crippen molar-refractivity contribution in [2.24, 2.45) is 0 Å². The molecule has 0 spiro atoms. The van der Waals surface area contributed by atoms with E-state index < -0.39 is 5.97 Å². The molecule has 2 aromatic heterocycles. The second kappa shape index (κ2) is 3.19. The van der Waals surface area contributed by atoms with Crippen LogP contribution in [0, 0.1) is 0 Å². The summed E-state index contributed by atoms with van der Waals surface area (Å²) in [5, 5.41) is 8.78. The minimum absolute atomic E-state index is 0.168. The summed E-state index contributed by atoms with van der Waals surface area (Å²) in [7, 11) is 0. The fraction of sp³-hybridized carbons (Fsp3) is 0. The fourth-order valence-electron chi connectivity index (χ4n) is 1.12. The van der Waals surface area contributed by atoms with Crippen molar-refractivity contribution in [1.82, 2.24) is 0 Å². The maximum absolute atomic E-state index is 10.7. The number of furan rings is 1.